The normalized spacial score (nSPS) is 10.3. The molecule has 0 radical (unpaired) electrons. The van der Waals surface area contributed by atoms with Gasteiger partial charge in [-0.2, -0.15) is 0 Å². The minimum Gasteiger partial charge on any atom is -0.478 e. The van der Waals surface area contributed by atoms with Gasteiger partial charge in [0.25, 0.3) is 5.91 Å². The number of nitrogens with one attached hydrogen (secondary N) is 1. The molecule has 2 aromatic heterocycles. The SMILES string of the molecule is Cc1ccc(CNC(=O)c2cc(C(=O)O)co2)s1. The Morgan fingerprint density at radius 1 is 1.44 bits per heavy atom. The number of thiophene rings is 1. The number of carboxylic acid groups (broad SMARTS) is 1. The van der Waals surface area contributed by atoms with Crippen molar-refractivity contribution in [3.63, 3.8) is 0 Å². The average molecular weight is 265 g/mol. The zero-order chi connectivity index (χ0) is 13.1. The maximum absolute atomic E-state index is 11.7. The standard InChI is InChI=1S/C12H11NO4S/c1-7-2-3-9(18-7)5-13-11(14)10-4-8(6-17-10)12(15)16/h2-4,6H,5H2,1H3,(H,13,14)(H,15,16). The Morgan fingerprint density at radius 3 is 2.78 bits per heavy atom. The fourth-order valence-corrected chi connectivity index (χ4v) is 2.23. The largest absolute Gasteiger partial charge is 0.478 e. The van der Waals surface area contributed by atoms with E-state index in [2.05, 4.69) is 5.32 Å². The third-order valence-electron chi connectivity index (χ3n) is 2.29. The molecule has 0 saturated heterocycles. The summed E-state index contributed by atoms with van der Waals surface area (Å²) in [7, 11) is 0. The molecule has 2 aromatic rings. The Balaban J connectivity index is 1.97. The van der Waals surface area contributed by atoms with Crippen molar-refractivity contribution in [2.24, 2.45) is 0 Å². The van der Waals surface area contributed by atoms with Gasteiger partial charge in [0.15, 0.2) is 5.76 Å². The van der Waals surface area contributed by atoms with Gasteiger partial charge in [0.2, 0.25) is 0 Å². The number of aromatic carboxylic acids is 1. The van der Waals surface area contributed by atoms with Gasteiger partial charge in [-0.05, 0) is 19.1 Å². The predicted molar refractivity (Wildman–Crippen MR) is 65.9 cm³/mol. The molecule has 0 atom stereocenters. The first-order valence-corrected chi connectivity index (χ1v) is 6.03. The molecule has 94 valence electrons. The second kappa shape index (κ2) is 5.05. The van der Waals surface area contributed by atoms with E-state index in [9.17, 15) is 9.59 Å². The lowest BCUT2D eigenvalue weighted by Gasteiger charge is -1.99. The number of rotatable bonds is 4. The summed E-state index contributed by atoms with van der Waals surface area (Å²) < 4.78 is 4.89. The van der Waals surface area contributed by atoms with Gasteiger partial charge in [-0.15, -0.1) is 11.3 Å². The van der Waals surface area contributed by atoms with Crippen LogP contribution in [0.1, 0.15) is 30.7 Å². The Kier molecular flexibility index (Phi) is 3.47. The first-order chi connectivity index (χ1) is 8.56. The van der Waals surface area contributed by atoms with Gasteiger partial charge in [0.1, 0.15) is 6.26 Å². The maximum Gasteiger partial charge on any atom is 0.338 e. The summed E-state index contributed by atoms with van der Waals surface area (Å²) in [6.07, 6.45) is 1.05. The summed E-state index contributed by atoms with van der Waals surface area (Å²) in [5.41, 5.74) is -0.0351. The molecule has 6 heteroatoms. The summed E-state index contributed by atoms with van der Waals surface area (Å²) in [6.45, 7) is 2.39. The van der Waals surface area contributed by atoms with Gasteiger partial charge in [-0.1, -0.05) is 0 Å². The Labute approximate surface area is 107 Å². The highest BCUT2D eigenvalue weighted by Crippen LogP contribution is 2.15. The second-order valence-corrected chi connectivity index (χ2v) is 5.07. The summed E-state index contributed by atoms with van der Waals surface area (Å²) in [4.78, 5) is 24.5. The molecule has 0 aromatic carbocycles. The topological polar surface area (TPSA) is 79.5 Å². The molecule has 5 nitrogen and oxygen atoms in total. The quantitative estimate of drug-likeness (QED) is 0.888. The Bertz CT molecular complexity index is 584. The Morgan fingerprint density at radius 2 is 2.22 bits per heavy atom. The van der Waals surface area contributed by atoms with E-state index in [0.717, 1.165) is 11.1 Å². The fraction of sp³-hybridized carbons (Fsp3) is 0.167. The zero-order valence-electron chi connectivity index (χ0n) is 9.60. The van der Waals surface area contributed by atoms with Gasteiger partial charge >= 0.3 is 5.97 Å². The molecule has 1 amide bonds. The molecule has 0 spiro atoms. The van der Waals surface area contributed by atoms with Gasteiger partial charge in [-0.3, -0.25) is 4.79 Å². The molecule has 0 aliphatic rings. The van der Waals surface area contributed by atoms with E-state index in [1.807, 2.05) is 19.1 Å². The summed E-state index contributed by atoms with van der Waals surface area (Å²) >= 11 is 1.60. The van der Waals surface area contributed by atoms with Crippen LogP contribution in [0.4, 0.5) is 0 Å². The van der Waals surface area contributed by atoms with Crippen LogP contribution in [0.25, 0.3) is 0 Å². The first-order valence-electron chi connectivity index (χ1n) is 5.21. The van der Waals surface area contributed by atoms with Crippen LogP contribution in [0.3, 0.4) is 0 Å². The molecule has 0 aliphatic heterocycles. The van der Waals surface area contributed by atoms with Crippen molar-refractivity contribution < 1.29 is 19.1 Å². The van der Waals surface area contributed by atoms with Crippen LogP contribution >= 0.6 is 11.3 Å². The van der Waals surface area contributed by atoms with Crippen LogP contribution in [0, 0.1) is 6.92 Å². The Hall–Kier alpha value is -2.08. The molecule has 2 rings (SSSR count). The number of carbonyl (C=O) groups excluding carboxylic acids is 1. The number of hydrogen-bond acceptors (Lipinski definition) is 4. The van der Waals surface area contributed by atoms with Crippen molar-refractivity contribution in [1.82, 2.24) is 5.32 Å². The smallest absolute Gasteiger partial charge is 0.338 e. The summed E-state index contributed by atoms with van der Waals surface area (Å²) in [5.74, 6) is -1.54. The number of amides is 1. The molecular weight excluding hydrogens is 254 g/mol. The lowest BCUT2D eigenvalue weighted by molar-refractivity contribution is 0.0696. The number of carboxylic acids is 1. The van der Waals surface area contributed by atoms with Gasteiger partial charge in [-0.25, -0.2) is 4.79 Å². The molecule has 0 unspecified atom stereocenters. The molecule has 0 aliphatic carbocycles. The number of carbonyl (C=O) groups is 2. The van der Waals surface area contributed by atoms with E-state index in [-0.39, 0.29) is 11.3 Å². The van der Waals surface area contributed by atoms with E-state index in [4.69, 9.17) is 9.52 Å². The van der Waals surface area contributed by atoms with Crippen LogP contribution in [0.2, 0.25) is 0 Å². The minimum atomic E-state index is -1.12. The third kappa shape index (κ3) is 2.78. The molecular formula is C12H11NO4S. The minimum absolute atomic E-state index is 0.000628. The van der Waals surface area contributed by atoms with Crippen molar-refractivity contribution in [2.45, 2.75) is 13.5 Å². The number of aryl methyl sites for hydroxylation is 1. The summed E-state index contributed by atoms with van der Waals surface area (Å²) in [5, 5.41) is 11.4. The maximum atomic E-state index is 11.7. The molecule has 2 N–H and O–H groups in total. The van der Waals surface area contributed by atoms with E-state index >= 15 is 0 Å². The predicted octanol–water partition coefficient (Wildman–Crippen LogP) is 2.28. The van der Waals surface area contributed by atoms with Crippen LogP contribution < -0.4 is 5.32 Å². The molecule has 18 heavy (non-hydrogen) atoms. The summed E-state index contributed by atoms with van der Waals surface area (Å²) in [6, 6.07) is 5.12. The zero-order valence-corrected chi connectivity index (χ0v) is 10.4. The molecule has 0 saturated carbocycles. The second-order valence-electron chi connectivity index (χ2n) is 3.70. The lowest BCUT2D eigenvalue weighted by Crippen LogP contribution is -2.21. The van der Waals surface area contributed by atoms with Crippen LogP contribution in [0.15, 0.2) is 28.9 Å². The van der Waals surface area contributed by atoms with E-state index in [1.165, 1.54) is 10.9 Å². The van der Waals surface area contributed by atoms with Crippen molar-refractivity contribution in [1.29, 1.82) is 0 Å². The van der Waals surface area contributed by atoms with Gasteiger partial charge in [0, 0.05) is 15.8 Å². The number of furan rings is 1. The fourth-order valence-electron chi connectivity index (χ4n) is 1.40. The lowest BCUT2D eigenvalue weighted by atomic mass is 10.3. The first kappa shape index (κ1) is 12.4. The molecule has 0 bridgehead atoms. The highest BCUT2D eigenvalue weighted by Gasteiger charge is 2.14. The van der Waals surface area contributed by atoms with Crippen LogP contribution in [0.5, 0.6) is 0 Å². The number of hydrogen-bond donors (Lipinski definition) is 2. The highest BCUT2D eigenvalue weighted by atomic mass is 32.1. The molecule has 0 fully saturated rings. The van der Waals surface area contributed by atoms with E-state index in [1.54, 1.807) is 11.3 Å². The van der Waals surface area contributed by atoms with Crippen molar-refractivity contribution in [3.05, 3.63) is 45.5 Å². The monoisotopic (exact) mass is 265 g/mol. The van der Waals surface area contributed by atoms with Crippen molar-refractivity contribution in [2.75, 3.05) is 0 Å². The average Bonchev–Trinajstić information content (AvgIpc) is 2.94. The van der Waals surface area contributed by atoms with E-state index in [0.29, 0.717) is 6.54 Å². The molecule has 2 heterocycles. The third-order valence-corrected chi connectivity index (χ3v) is 3.29. The van der Waals surface area contributed by atoms with Crippen LogP contribution in [-0.2, 0) is 6.54 Å². The van der Waals surface area contributed by atoms with Crippen LogP contribution in [-0.4, -0.2) is 17.0 Å². The van der Waals surface area contributed by atoms with Crippen molar-refractivity contribution >= 4 is 23.2 Å². The van der Waals surface area contributed by atoms with Gasteiger partial charge < -0.3 is 14.8 Å². The highest BCUT2D eigenvalue weighted by molar-refractivity contribution is 7.11. The van der Waals surface area contributed by atoms with Gasteiger partial charge in [0.05, 0.1) is 12.1 Å². The van der Waals surface area contributed by atoms with Crippen molar-refractivity contribution in [3.8, 4) is 0 Å². The van der Waals surface area contributed by atoms with E-state index < -0.39 is 11.9 Å².